The van der Waals surface area contributed by atoms with Crippen molar-refractivity contribution in [1.29, 1.82) is 0 Å². The Morgan fingerprint density at radius 2 is 1.45 bits per heavy atom. The lowest BCUT2D eigenvalue weighted by Gasteiger charge is -2.09. The van der Waals surface area contributed by atoms with Crippen LogP contribution in [0.5, 0.6) is 0 Å². The highest BCUT2D eigenvalue weighted by Gasteiger charge is 2.14. The highest BCUT2D eigenvalue weighted by molar-refractivity contribution is 7.89. The van der Waals surface area contributed by atoms with Gasteiger partial charge in [0.2, 0.25) is 10.0 Å². The lowest BCUT2D eigenvalue weighted by Crippen LogP contribution is -2.24. The van der Waals surface area contributed by atoms with Gasteiger partial charge in [0, 0.05) is 29.2 Å². The fraction of sp³-hybridized carbons (Fsp3) is 0.130. The van der Waals surface area contributed by atoms with Gasteiger partial charge < -0.3 is 5.32 Å². The number of ketones is 1. The highest BCUT2D eigenvalue weighted by atomic mass is 35.5. The topological polar surface area (TPSA) is 92.3 Å². The lowest BCUT2D eigenvalue weighted by atomic mass is 10.1. The zero-order valence-electron chi connectivity index (χ0n) is 16.8. The number of carbonyl (C=O) groups is 2. The predicted molar refractivity (Wildman–Crippen MR) is 120 cm³/mol. The molecular weight excluding hydrogens is 436 g/mol. The molecule has 3 rings (SSSR count). The number of rotatable bonds is 8. The van der Waals surface area contributed by atoms with Crippen molar-refractivity contribution in [3.8, 4) is 0 Å². The molecule has 31 heavy (non-hydrogen) atoms. The Kier molecular flexibility index (Phi) is 7.22. The van der Waals surface area contributed by atoms with E-state index in [-0.39, 0.29) is 23.1 Å². The molecule has 0 bridgehead atoms. The van der Waals surface area contributed by atoms with Crippen LogP contribution >= 0.6 is 11.6 Å². The number of Topliss-reactive ketones (excluding diaryl/α,β-unsaturated/α-hetero) is 1. The van der Waals surface area contributed by atoms with Gasteiger partial charge in [0.05, 0.1) is 4.90 Å². The molecule has 3 aromatic carbocycles. The van der Waals surface area contributed by atoms with E-state index in [4.69, 9.17) is 11.6 Å². The number of hydrogen-bond acceptors (Lipinski definition) is 4. The number of benzene rings is 3. The normalized spacial score (nSPS) is 11.2. The van der Waals surface area contributed by atoms with Crippen LogP contribution in [-0.4, -0.2) is 20.1 Å². The first-order valence-corrected chi connectivity index (χ1v) is 11.3. The maximum Gasteiger partial charge on any atom is 0.251 e. The molecule has 0 aliphatic heterocycles. The zero-order valence-corrected chi connectivity index (χ0v) is 18.3. The highest BCUT2D eigenvalue weighted by Crippen LogP contribution is 2.15. The minimum atomic E-state index is -3.72. The van der Waals surface area contributed by atoms with Crippen LogP contribution in [0.3, 0.4) is 0 Å². The summed E-state index contributed by atoms with van der Waals surface area (Å²) in [6.07, 6.45) is 0. The fourth-order valence-electron chi connectivity index (χ4n) is 2.82. The molecule has 0 fully saturated rings. The summed E-state index contributed by atoms with van der Waals surface area (Å²) in [4.78, 5) is 23.7. The quantitative estimate of drug-likeness (QED) is 0.502. The van der Waals surface area contributed by atoms with Crippen molar-refractivity contribution >= 4 is 33.3 Å². The largest absolute Gasteiger partial charge is 0.348 e. The van der Waals surface area contributed by atoms with Gasteiger partial charge in [-0.2, -0.15) is 0 Å². The Hall–Kier alpha value is -3.00. The summed E-state index contributed by atoms with van der Waals surface area (Å²) in [6, 6.07) is 19.7. The Morgan fingerprint density at radius 3 is 2.06 bits per heavy atom. The summed E-state index contributed by atoms with van der Waals surface area (Å²) >= 11 is 6.09. The van der Waals surface area contributed by atoms with E-state index in [1.807, 2.05) is 18.2 Å². The van der Waals surface area contributed by atoms with E-state index in [1.165, 1.54) is 31.2 Å². The maximum absolute atomic E-state index is 12.4. The molecule has 0 aromatic heterocycles. The van der Waals surface area contributed by atoms with Crippen molar-refractivity contribution in [2.45, 2.75) is 24.9 Å². The van der Waals surface area contributed by atoms with Crippen LogP contribution < -0.4 is 10.0 Å². The molecule has 8 heteroatoms. The van der Waals surface area contributed by atoms with Gasteiger partial charge in [0.25, 0.3) is 5.91 Å². The summed E-state index contributed by atoms with van der Waals surface area (Å²) in [5, 5.41) is 3.39. The molecule has 0 saturated carbocycles. The van der Waals surface area contributed by atoms with Crippen LogP contribution in [0.15, 0.2) is 77.7 Å². The molecular formula is C23H21ClN2O4S. The molecule has 160 valence electrons. The standard InChI is InChI=1S/C23H21ClN2O4S/c1-16(27)18-10-12-21(13-11-18)31(29,30)26-14-17-6-8-19(9-7-17)23(28)25-15-20-4-2-3-5-22(20)24/h2-13,26H,14-15H2,1H3,(H,25,28). The fourth-order valence-corrected chi connectivity index (χ4v) is 4.04. The van der Waals surface area contributed by atoms with E-state index >= 15 is 0 Å². The van der Waals surface area contributed by atoms with E-state index < -0.39 is 10.0 Å². The van der Waals surface area contributed by atoms with Crippen molar-refractivity contribution in [1.82, 2.24) is 10.0 Å². The molecule has 6 nitrogen and oxygen atoms in total. The maximum atomic E-state index is 12.4. The minimum Gasteiger partial charge on any atom is -0.348 e. The van der Waals surface area contributed by atoms with E-state index in [0.717, 1.165) is 5.56 Å². The van der Waals surface area contributed by atoms with Crippen LogP contribution in [0.1, 0.15) is 38.8 Å². The van der Waals surface area contributed by atoms with Crippen molar-refractivity contribution in [3.05, 3.63) is 100 Å². The van der Waals surface area contributed by atoms with Crippen LogP contribution in [0.4, 0.5) is 0 Å². The molecule has 0 heterocycles. The molecule has 3 aromatic rings. The third-order valence-electron chi connectivity index (χ3n) is 4.65. The van der Waals surface area contributed by atoms with Crippen LogP contribution in [-0.2, 0) is 23.1 Å². The molecule has 0 unspecified atom stereocenters. The van der Waals surface area contributed by atoms with Crippen LogP contribution in [0.25, 0.3) is 0 Å². The molecule has 0 atom stereocenters. The lowest BCUT2D eigenvalue weighted by molar-refractivity contribution is 0.0950. The number of nitrogens with one attached hydrogen (secondary N) is 2. The zero-order chi connectivity index (χ0) is 22.4. The first-order chi connectivity index (χ1) is 14.8. The molecule has 0 saturated heterocycles. The first-order valence-electron chi connectivity index (χ1n) is 9.47. The van der Waals surface area contributed by atoms with Gasteiger partial charge in [0.1, 0.15) is 0 Å². The minimum absolute atomic E-state index is 0.0678. The summed E-state index contributed by atoms with van der Waals surface area (Å²) in [5.74, 6) is -0.384. The number of halogens is 1. The summed E-state index contributed by atoms with van der Waals surface area (Å²) in [5.41, 5.74) is 2.42. The van der Waals surface area contributed by atoms with Gasteiger partial charge in [-0.05, 0) is 48.4 Å². The third-order valence-corrected chi connectivity index (χ3v) is 6.44. The predicted octanol–water partition coefficient (Wildman–Crippen LogP) is 3.95. The monoisotopic (exact) mass is 456 g/mol. The van der Waals surface area contributed by atoms with Crippen molar-refractivity contribution < 1.29 is 18.0 Å². The second kappa shape index (κ2) is 9.87. The number of carbonyl (C=O) groups excluding carboxylic acids is 2. The number of amides is 1. The van der Waals surface area contributed by atoms with Crippen molar-refractivity contribution in [2.75, 3.05) is 0 Å². The van der Waals surface area contributed by atoms with Gasteiger partial charge in [-0.15, -0.1) is 0 Å². The Bertz CT molecular complexity index is 1190. The molecule has 0 radical (unpaired) electrons. The average molecular weight is 457 g/mol. The smallest absolute Gasteiger partial charge is 0.251 e. The van der Waals surface area contributed by atoms with Gasteiger partial charge in [-0.25, -0.2) is 13.1 Å². The Labute approximate surface area is 186 Å². The Balaban J connectivity index is 1.58. The second-order valence-electron chi connectivity index (χ2n) is 6.88. The van der Waals surface area contributed by atoms with E-state index in [0.29, 0.717) is 28.3 Å². The van der Waals surface area contributed by atoms with Crippen LogP contribution in [0.2, 0.25) is 5.02 Å². The molecule has 0 spiro atoms. The average Bonchev–Trinajstić information content (AvgIpc) is 2.77. The van der Waals surface area contributed by atoms with Gasteiger partial charge >= 0.3 is 0 Å². The van der Waals surface area contributed by atoms with E-state index in [1.54, 1.807) is 30.3 Å². The van der Waals surface area contributed by atoms with E-state index in [9.17, 15) is 18.0 Å². The van der Waals surface area contributed by atoms with Crippen molar-refractivity contribution in [3.63, 3.8) is 0 Å². The number of hydrogen-bond donors (Lipinski definition) is 2. The summed E-state index contributed by atoms with van der Waals surface area (Å²) < 4.78 is 27.4. The van der Waals surface area contributed by atoms with E-state index in [2.05, 4.69) is 10.0 Å². The first kappa shape index (κ1) is 22.7. The van der Waals surface area contributed by atoms with Crippen LogP contribution in [0, 0.1) is 0 Å². The van der Waals surface area contributed by atoms with Gasteiger partial charge in [-0.3, -0.25) is 9.59 Å². The van der Waals surface area contributed by atoms with Crippen molar-refractivity contribution in [2.24, 2.45) is 0 Å². The molecule has 0 aliphatic carbocycles. The summed E-state index contributed by atoms with van der Waals surface area (Å²) in [6.45, 7) is 1.79. The molecule has 1 amide bonds. The molecule has 2 N–H and O–H groups in total. The summed E-state index contributed by atoms with van der Waals surface area (Å²) in [7, 11) is -3.72. The number of sulfonamides is 1. The molecule has 0 aliphatic rings. The second-order valence-corrected chi connectivity index (χ2v) is 9.05. The van der Waals surface area contributed by atoms with Gasteiger partial charge in [0.15, 0.2) is 5.78 Å². The van der Waals surface area contributed by atoms with Gasteiger partial charge in [-0.1, -0.05) is 54.1 Å². The third kappa shape index (κ3) is 6.01. The SMILES string of the molecule is CC(=O)c1ccc(S(=O)(=O)NCc2ccc(C(=O)NCc3ccccc3Cl)cc2)cc1. The Morgan fingerprint density at radius 1 is 0.839 bits per heavy atom.